The van der Waals surface area contributed by atoms with E-state index in [-0.39, 0.29) is 15.8 Å². The van der Waals surface area contributed by atoms with Gasteiger partial charge in [0.2, 0.25) is 0 Å². The van der Waals surface area contributed by atoms with Crippen molar-refractivity contribution in [2.75, 3.05) is 35.1 Å². The largest absolute Gasteiger partial charge is 0.497 e. The molecule has 1 amide bonds. The minimum Gasteiger partial charge on any atom is -0.497 e. The summed E-state index contributed by atoms with van der Waals surface area (Å²) in [6.45, 7) is 5.13. The van der Waals surface area contributed by atoms with Crippen molar-refractivity contribution in [3.8, 4) is 5.75 Å². The molecule has 1 heterocycles. The first-order chi connectivity index (χ1) is 16.3. The van der Waals surface area contributed by atoms with Gasteiger partial charge < -0.3 is 19.4 Å². The molecule has 3 aromatic rings. The Morgan fingerprint density at radius 1 is 1.06 bits per heavy atom. The first kappa shape index (κ1) is 25.1. The van der Waals surface area contributed by atoms with Gasteiger partial charge in [0.25, 0.3) is 15.9 Å². The van der Waals surface area contributed by atoms with E-state index in [1.807, 2.05) is 18.7 Å². The van der Waals surface area contributed by atoms with Crippen molar-refractivity contribution in [1.82, 2.24) is 5.32 Å². The van der Waals surface area contributed by atoms with Crippen molar-refractivity contribution in [3.05, 3.63) is 66.6 Å². The number of benzene rings is 2. The maximum absolute atomic E-state index is 13.4. The molecule has 0 bridgehead atoms. The van der Waals surface area contributed by atoms with Gasteiger partial charge in [-0.15, -0.1) is 0 Å². The fourth-order valence-corrected chi connectivity index (χ4v) is 4.76. The van der Waals surface area contributed by atoms with Crippen molar-refractivity contribution in [3.63, 3.8) is 0 Å². The fourth-order valence-electron chi connectivity index (χ4n) is 3.24. The quantitative estimate of drug-likeness (QED) is 0.376. The predicted octanol–water partition coefficient (Wildman–Crippen LogP) is 4.06. The molecular formula is C23H26N4O5S2. The highest BCUT2D eigenvalue weighted by molar-refractivity contribution is 7.93. The second kappa shape index (κ2) is 11.0. The van der Waals surface area contributed by atoms with Gasteiger partial charge in [0.15, 0.2) is 10.9 Å². The zero-order valence-electron chi connectivity index (χ0n) is 19.0. The van der Waals surface area contributed by atoms with Gasteiger partial charge in [-0.2, -0.15) is 0 Å². The van der Waals surface area contributed by atoms with Gasteiger partial charge in [0.05, 0.1) is 19.1 Å². The van der Waals surface area contributed by atoms with E-state index >= 15 is 0 Å². The van der Waals surface area contributed by atoms with Gasteiger partial charge in [-0.25, -0.2) is 8.42 Å². The molecule has 0 atom stereocenters. The SMILES string of the molecule is CCN(CC)c1ccc(NC(=S)NC(=O)c2ccco2)cc1S(=O)(=O)Nc1ccc(OC)cc1. The van der Waals surface area contributed by atoms with E-state index in [0.717, 1.165) is 0 Å². The fraction of sp³-hybridized carbons (Fsp3) is 0.217. The molecule has 0 aliphatic rings. The summed E-state index contributed by atoms with van der Waals surface area (Å²) < 4.78 is 39.5. The molecule has 0 aliphatic carbocycles. The van der Waals surface area contributed by atoms with E-state index in [2.05, 4.69) is 15.4 Å². The summed E-state index contributed by atoms with van der Waals surface area (Å²) in [5, 5.41) is 5.36. The first-order valence-electron chi connectivity index (χ1n) is 10.5. The Morgan fingerprint density at radius 3 is 2.32 bits per heavy atom. The number of sulfonamides is 1. The van der Waals surface area contributed by atoms with Crippen LogP contribution in [0.4, 0.5) is 17.1 Å². The molecule has 34 heavy (non-hydrogen) atoms. The number of methoxy groups -OCH3 is 1. The Balaban J connectivity index is 1.88. The van der Waals surface area contributed by atoms with Gasteiger partial charge in [-0.05, 0) is 80.7 Å². The van der Waals surface area contributed by atoms with Crippen LogP contribution in [0, 0.1) is 0 Å². The number of furan rings is 1. The summed E-state index contributed by atoms with van der Waals surface area (Å²) in [5.41, 5.74) is 1.34. The molecule has 0 spiro atoms. The van der Waals surface area contributed by atoms with Crippen LogP contribution >= 0.6 is 12.2 Å². The molecule has 2 aromatic carbocycles. The number of carbonyl (C=O) groups excluding carboxylic acids is 1. The maximum Gasteiger partial charge on any atom is 0.293 e. The number of amides is 1. The summed E-state index contributed by atoms with van der Waals surface area (Å²) in [6, 6.07) is 14.5. The molecule has 0 fully saturated rings. The topological polar surface area (TPSA) is 113 Å². The Morgan fingerprint density at radius 2 is 1.74 bits per heavy atom. The van der Waals surface area contributed by atoms with Gasteiger partial charge in [-0.1, -0.05) is 0 Å². The van der Waals surface area contributed by atoms with Crippen molar-refractivity contribution in [2.24, 2.45) is 0 Å². The zero-order valence-corrected chi connectivity index (χ0v) is 20.6. The van der Waals surface area contributed by atoms with Crippen LogP contribution in [-0.4, -0.2) is 39.6 Å². The second-order valence-electron chi connectivity index (χ2n) is 7.07. The number of nitrogens with zero attached hydrogens (tertiary/aromatic N) is 1. The summed E-state index contributed by atoms with van der Waals surface area (Å²) in [4.78, 5) is 14.1. The third kappa shape index (κ3) is 6.06. The molecule has 11 heteroatoms. The van der Waals surface area contributed by atoms with Crippen LogP contribution in [0.5, 0.6) is 5.75 Å². The monoisotopic (exact) mass is 502 g/mol. The van der Waals surface area contributed by atoms with Gasteiger partial charge in [0.1, 0.15) is 10.6 Å². The average molecular weight is 503 g/mol. The van der Waals surface area contributed by atoms with E-state index in [0.29, 0.717) is 35.9 Å². The van der Waals surface area contributed by atoms with Crippen LogP contribution in [0.1, 0.15) is 24.4 Å². The number of carbonyl (C=O) groups is 1. The summed E-state index contributed by atoms with van der Waals surface area (Å²) >= 11 is 5.21. The van der Waals surface area contributed by atoms with Gasteiger partial charge in [-0.3, -0.25) is 14.8 Å². The van der Waals surface area contributed by atoms with Crippen LogP contribution < -0.4 is 25.0 Å². The van der Waals surface area contributed by atoms with E-state index in [1.54, 1.807) is 42.5 Å². The Hall–Kier alpha value is -3.57. The number of nitrogens with one attached hydrogen (secondary N) is 3. The van der Waals surface area contributed by atoms with Crippen molar-refractivity contribution < 1.29 is 22.4 Å². The number of rotatable bonds is 9. The van der Waals surface area contributed by atoms with E-state index in [9.17, 15) is 13.2 Å². The van der Waals surface area contributed by atoms with Crippen LogP contribution in [0.3, 0.4) is 0 Å². The highest BCUT2D eigenvalue weighted by atomic mass is 32.2. The number of thiocarbonyl (C=S) groups is 1. The Bertz CT molecular complexity index is 1240. The van der Waals surface area contributed by atoms with E-state index in [4.69, 9.17) is 21.4 Å². The smallest absolute Gasteiger partial charge is 0.293 e. The highest BCUT2D eigenvalue weighted by Gasteiger charge is 2.23. The molecule has 0 saturated heterocycles. The number of hydrogen-bond acceptors (Lipinski definition) is 7. The lowest BCUT2D eigenvalue weighted by atomic mass is 10.2. The van der Waals surface area contributed by atoms with Crippen molar-refractivity contribution >= 4 is 50.3 Å². The summed E-state index contributed by atoms with van der Waals surface area (Å²) in [6.07, 6.45) is 1.38. The van der Waals surface area contributed by atoms with Crippen LogP contribution in [0.2, 0.25) is 0 Å². The molecule has 0 unspecified atom stereocenters. The predicted molar refractivity (Wildman–Crippen MR) is 136 cm³/mol. The lowest BCUT2D eigenvalue weighted by molar-refractivity contribution is 0.0950. The van der Waals surface area contributed by atoms with Crippen molar-refractivity contribution in [1.29, 1.82) is 0 Å². The number of hydrogen-bond donors (Lipinski definition) is 3. The molecule has 0 saturated carbocycles. The zero-order chi connectivity index (χ0) is 24.7. The average Bonchev–Trinajstić information content (AvgIpc) is 3.36. The lowest BCUT2D eigenvalue weighted by Gasteiger charge is -2.25. The van der Waals surface area contributed by atoms with Crippen LogP contribution in [0.15, 0.2) is 70.2 Å². The summed E-state index contributed by atoms with van der Waals surface area (Å²) in [5.74, 6) is 0.201. The molecule has 1 aromatic heterocycles. The summed E-state index contributed by atoms with van der Waals surface area (Å²) in [7, 11) is -2.43. The molecule has 0 radical (unpaired) electrons. The Labute approximate surface area is 204 Å². The van der Waals surface area contributed by atoms with Gasteiger partial charge >= 0.3 is 0 Å². The third-order valence-electron chi connectivity index (χ3n) is 4.93. The maximum atomic E-state index is 13.4. The number of anilines is 3. The van der Waals surface area contributed by atoms with Crippen LogP contribution in [0.25, 0.3) is 0 Å². The Kier molecular flexibility index (Phi) is 8.13. The van der Waals surface area contributed by atoms with Crippen LogP contribution in [-0.2, 0) is 10.0 Å². The molecular weight excluding hydrogens is 476 g/mol. The normalized spacial score (nSPS) is 10.9. The molecule has 3 N–H and O–H groups in total. The number of ether oxygens (including phenoxy) is 1. The third-order valence-corrected chi connectivity index (χ3v) is 6.54. The van der Waals surface area contributed by atoms with E-state index < -0.39 is 15.9 Å². The standard InChI is InChI=1S/C23H26N4O5S2/c1-4-27(5-2)19-13-10-17(24-23(33)25-22(28)20-7-6-14-32-20)15-21(19)34(29,30)26-16-8-11-18(31-3)12-9-16/h6-15,26H,4-5H2,1-3H3,(H2,24,25,28,33). The van der Waals surface area contributed by atoms with Crippen molar-refractivity contribution in [2.45, 2.75) is 18.7 Å². The molecule has 0 aliphatic heterocycles. The molecule has 3 rings (SSSR count). The molecule has 180 valence electrons. The van der Waals surface area contributed by atoms with E-state index in [1.165, 1.54) is 25.5 Å². The lowest BCUT2D eigenvalue weighted by Crippen LogP contribution is -2.34. The minimum atomic E-state index is -3.96. The highest BCUT2D eigenvalue weighted by Crippen LogP contribution is 2.30. The van der Waals surface area contributed by atoms with Gasteiger partial charge in [0, 0.05) is 24.5 Å². The minimum absolute atomic E-state index is 0.00320. The molecule has 9 nitrogen and oxygen atoms in total. The first-order valence-corrected chi connectivity index (χ1v) is 12.4. The second-order valence-corrected chi connectivity index (χ2v) is 9.13.